The summed E-state index contributed by atoms with van der Waals surface area (Å²) in [6.45, 7) is 3.61. The fourth-order valence-electron chi connectivity index (χ4n) is 1.44. The van der Waals surface area contributed by atoms with E-state index in [1.807, 2.05) is 31.2 Å². The Labute approximate surface area is 105 Å². The van der Waals surface area contributed by atoms with Crippen LogP contribution in [0.2, 0.25) is 0 Å². The maximum Gasteiger partial charge on any atom is 0.266 e. The number of nitrogens with zero attached hydrogens (tertiary/aromatic N) is 1. The van der Waals surface area contributed by atoms with Gasteiger partial charge in [-0.05, 0) is 25.5 Å². The first kappa shape index (κ1) is 12.2. The highest BCUT2D eigenvalue weighted by atomic mass is 16.5. The monoisotopic (exact) mass is 246 g/mol. The Hall–Kier alpha value is -2.30. The number of carbonyl (C=O) groups is 1. The maximum atomic E-state index is 11.8. The number of anilines is 1. The van der Waals surface area contributed by atoms with Gasteiger partial charge in [0.1, 0.15) is 12.0 Å². The molecule has 0 saturated heterocycles. The molecule has 5 heteroatoms. The highest BCUT2D eigenvalue weighted by molar-refractivity contribution is 5.93. The highest BCUT2D eigenvalue weighted by Gasteiger charge is 2.16. The first-order valence-electron chi connectivity index (χ1n) is 5.60. The van der Waals surface area contributed by atoms with Crippen molar-refractivity contribution in [3.63, 3.8) is 0 Å². The molecule has 2 rings (SSSR count). The molecule has 1 amide bonds. The fourth-order valence-corrected chi connectivity index (χ4v) is 1.44. The Kier molecular flexibility index (Phi) is 3.62. The number of rotatable bonds is 4. The minimum absolute atomic E-state index is 0.271. The Bertz CT molecular complexity index is 523. The van der Waals surface area contributed by atoms with E-state index in [9.17, 15) is 4.79 Å². The zero-order valence-corrected chi connectivity index (χ0v) is 10.2. The Morgan fingerprint density at radius 1 is 1.39 bits per heavy atom. The van der Waals surface area contributed by atoms with Gasteiger partial charge < -0.3 is 14.6 Å². The minimum atomic E-state index is -0.609. The van der Waals surface area contributed by atoms with Crippen molar-refractivity contribution in [2.45, 2.75) is 20.0 Å². The summed E-state index contributed by atoms with van der Waals surface area (Å²) in [6.07, 6.45) is 0.783. The highest BCUT2D eigenvalue weighted by Crippen LogP contribution is 2.18. The van der Waals surface area contributed by atoms with Crippen molar-refractivity contribution < 1.29 is 14.1 Å². The van der Waals surface area contributed by atoms with Crippen molar-refractivity contribution in [1.29, 1.82) is 0 Å². The van der Waals surface area contributed by atoms with Crippen LogP contribution in [0.15, 0.2) is 41.1 Å². The van der Waals surface area contributed by atoms with E-state index in [0.29, 0.717) is 11.6 Å². The molecule has 0 aliphatic rings. The largest absolute Gasteiger partial charge is 0.481 e. The number of amides is 1. The van der Waals surface area contributed by atoms with Crippen LogP contribution >= 0.6 is 0 Å². The molecule has 0 saturated carbocycles. The molecule has 0 radical (unpaired) electrons. The minimum Gasteiger partial charge on any atom is -0.481 e. The average Bonchev–Trinajstić information content (AvgIpc) is 2.84. The number of para-hydroxylation sites is 1. The summed E-state index contributed by atoms with van der Waals surface area (Å²) in [4.78, 5) is 11.8. The van der Waals surface area contributed by atoms with E-state index >= 15 is 0 Å². The number of aromatic nitrogens is 1. The molecule has 94 valence electrons. The van der Waals surface area contributed by atoms with Gasteiger partial charge in [0.2, 0.25) is 0 Å². The summed E-state index contributed by atoms with van der Waals surface area (Å²) in [7, 11) is 0. The van der Waals surface area contributed by atoms with Gasteiger partial charge in [-0.1, -0.05) is 23.4 Å². The lowest BCUT2D eigenvalue weighted by Crippen LogP contribution is -2.30. The quantitative estimate of drug-likeness (QED) is 0.899. The van der Waals surface area contributed by atoms with Crippen LogP contribution in [-0.4, -0.2) is 17.2 Å². The van der Waals surface area contributed by atoms with Gasteiger partial charge in [0.25, 0.3) is 5.91 Å². The van der Waals surface area contributed by atoms with Crippen molar-refractivity contribution in [3.05, 3.63) is 42.2 Å². The van der Waals surface area contributed by atoms with Crippen LogP contribution in [0.3, 0.4) is 0 Å². The van der Waals surface area contributed by atoms with Crippen LogP contribution in [0.1, 0.15) is 12.5 Å². The third-order valence-corrected chi connectivity index (χ3v) is 2.46. The molecule has 0 bridgehead atoms. The van der Waals surface area contributed by atoms with E-state index in [-0.39, 0.29) is 5.91 Å². The second-order valence-electron chi connectivity index (χ2n) is 3.90. The molecule has 2 aromatic rings. The van der Waals surface area contributed by atoms with Crippen molar-refractivity contribution >= 4 is 11.7 Å². The first-order valence-corrected chi connectivity index (χ1v) is 5.60. The van der Waals surface area contributed by atoms with Crippen LogP contribution in [0.4, 0.5) is 5.82 Å². The molecule has 18 heavy (non-hydrogen) atoms. The van der Waals surface area contributed by atoms with E-state index in [0.717, 1.165) is 5.56 Å². The second kappa shape index (κ2) is 5.35. The van der Waals surface area contributed by atoms with Gasteiger partial charge >= 0.3 is 0 Å². The normalized spacial score (nSPS) is 11.9. The van der Waals surface area contributed by atoms with Gasteiger partial charge in [0.05, 0.1) is 0 Å². The molecule has 0 spiro atoms. The zero-order valence-electron chi connectivity index (χ0n) is 10.2. The smallest absolute Gasteiger partial charge is 0.266 e. The third-order valence-electron chi connectivity index (χ3n) is 2.46. The van der Waals surface area contributed by atoms with Crippen LogP contribution in [0.25, 0.3) is 0 Å². The Balaban J connectivity index is 1.97. The van der Waals surface area contributed by atoms with Crippen molar-refractivity contribution in [2.75, 3.05) is 5.32 Å². The molecule has 1 N–H and O–H groups in total. The van der Waals surface area contributed by atoms with E-state index in [4.69, 9.17) is 4.74 Å². The SMILES string of the molecule is Cc1ccccc1O[C@@H](C)C(=O)Nc1ccon1. The van der Waals surface area contributed by atoms with Crippen molar-refractivity contribution in [1.82, 2.24) is 5.16 Å². The summed E-state index contributed by atoms with van der Waals surface area (Å²) in [5.41, 5.74) is 0.985. The van der Waals surface area contributed by atoms with Gasteiger partial charge in [-0.15, -0.1) is 0 Å². The lowest BCUT2D eigenvalue weighted by atomic mass is 10.2. The molecule has 0 aliphatic heterocycles. The number of benzene rings is 1. The summed E-state index contributed by atoms with van der Waals surface area (Å²) in [5.74, 6) is 0.799. The fraction of sp³-hybridized carbons (Fsp3) is 0.231. The number of carbonyl (C=O) groups excluding carboxylic acids is 1. The lowest BCUT2D eigenvalue weighted by Gasteiger charge is -2.15. The predicted molar refractivity (Wildman–Crippen MR) is 66.4 cm³/mol. The summed E-state index contributed by atoms with van der Waals surface area (Å²) < 4.78 is 10.2. The van der Waals surface area contributed by atoms with Gasteiger partial charge in [-0.25, -0.2) is 0 Å². The Morgan fingerprint density at radius 3 is 2.83 bits per heavy atom. The molecule has 0 fully saturated rings. The van der Waals surface area contributed by atoms with Crippen molar-refractivity contribution in [2.24, 2.45) is 0 Å². The summed E-state index contributed by atoms with van der Waals surface area (Å²) in [5, 5.41) is 6.19. The molecule has 1 heterocycles. The molecule has 0 aliphatic carbocycles. The molecule has 1 aromatic heterocycles. The van der Waals surface area contributed by atoms with Gasteiger partial charge in [0, 0.05) is 6.07 Å². The predicted octanol–water partition coefficient (Wildman–Crippen LogP) is 2.39. The summed E-state index contributed by atoms with van der Waals surface area (Å²) in [6, 6.07) is 9.11. The van der Waals surface area contributed by atoms with Crippen LogP contribution < -0.4 is 10.1 Å². The van der Waals surface area contributed by atoms with E-state index < -0.39 is 6.10 Å². The third kappa shape index (κ3) is 2.88. The molecule has 1 aromatic carbocycles. The van der Waals surface area contributed by atoms with Crippen LogP contribution in [0, 0.1) is 6.92 Å². The van der Waals surface area contributed by atoms with Crippen LogP contribution in [0.5, 0.6) is 5.75 Å². The zero-order chi connectivity index (χ0) is 13.0. The van der Waals surface area contributed by atoms with Crippen LogP contribution in [-0.2, 0) is 4.79 Å². The number of ether oxygens (including phenoxy) is 1. The van der Waals surface area contributed by atoms with E-state index in [2.05, 4.69) is 15.0 Å². The van der Waals surface area contributed by atoms with Crippen molar-refractivity contribution in [3.8, 4) is 5.75 Å². The van der Waals surface area contributed by atoms with Gasteiger partial charge in [-0.3, -0.25) is 4.79 Å². The maximum absolute atomic E-state index is 11.8. The topological polar surface area (TPSA) is 64.4 Å². The first-order chi connectivity index (χ1) is 8.66. The molecule has 5 nitrogen and oxygen atoms in total. The average molecular weight is 246 g/mol. The molecule has 1 atom stereocenters. The second-order valence-corrected chi connectivity index (χ2v) is 3.90. The summed E-state index contributed by atoms with van der Waals surface area (Å²) >= 11 is 0. The Morgan fingerprint density at radius 2 is 2.17 bits per heavy atom. The number of nitrogens with one attached hydrogen (secondary N) is 1. The molecular weight excluding hydrogens is 232 g/mol. The van der Waals surface area contributed by atoms with E-state index in [1.54, 1.807) is 13.0 Å². The number of aryl methyl sites for hydroxylation is 1. The number of hydrogen-bond acceptors (Lipinski definition) is 4. The van der Waals surface area contributed by atoms with Gasteiger partial charge in [0.15, 0.2) is 11.9 Å². The number of hydrogen-bond donors (Lipinski definition) is 1. The van der Waals surface area contributed by atoms with Gasteiger partial charge in [-0.2, -0.15) is 0 Å². The van der Waals surface area contributed by atoms with E-state index in [1.165, 1.54) is 6.26 Å². The standard InChI is InChI=1S/C13H14N2O3/c1-9-5-3-4-6-11(9)18-10(2)13(16)14-12-7-8-17-15-12/h3-8,10H,1-2H3,(H,14,15,16)/t10-/m0/s1. The molecular formula is C13H14N2O3. The lowest BCUT2D eigenvalue weighted by molar-refractivity contribution is -0.122. The molecule has 0 unspecified atom stereocenters.